The predicted molar refractivity (Wildman–Crippen MR) is 70.3 cm³/mol. The lowest BCUT2D eigenvalue weighted by atomic mass is 10.1. The summed E-state index contributed by atoms with van der Waals surface area (Å²) in [4.78, 5) is 8.33. The summed E-state index contributed by atoms with van der Waals surface area (Å²) in [5.74, 6) is 0. The van der Waals surface area contributed by atoms with Crippen molar-refractivity contribution in [3.05, 3.63) is 60.8 Å². The Bertz CT molecular complexity index is 605. The van der Waals surface area contributed by atoms with E-state index < -0.39 is 0 Å². The van der Waals surface area contributed by atoms with Crippen molar-refractivity contribution in [1.82, 2.24) is 14.5 Å². The van der Waals surface area contributed by atoms with Crippen molar-refractivity contribution >= 4 is 23.3 Å². The van der Waals surface area contributed by atoms with Crippen LogP contribution in [0.5, 0.6) is 0 Å². The summed E-state index contributed by atoms with van der Waals surface area (Å²) in [6.07, 6.45) is 7.40. The first-order chi connectivity index (χ1) is 7.92. The van der Waals surface area contributed by atoms with Crippen molar-refractivity contribution in [2.45, 2.75) is 6.54 Å². The molecule has 0 aliphatic carbocycles. The largest absolute Gasteiger partial charge is 0.333 e. The zero-order valence-corrected chi connectivity index (χ0v) is 9.97. The first kappa shape index (κ1) is 11.6. The number of benzene rings is 1. The molecule has 0 fully saturated rings. The normalized spacial score (nSPS) is 10.1. The highest BCUT2D eigenvalue weighted by Gasteiger charge is 1.97. The second kappa shape index (κ2) is 4.97. The number of hydrogen-bond donors (Lipinski definition) is 0. The smallest absolute Gasteiger partial charge is 0.0949 e. The van der Waals surface area contributed by atoms with Gasteiger partial charge in [0, 0.05) is 30.5 Å². The van der Waals surface area contributed by atoms with Crippen LogP contribution in [0.3, 0.4) is 0 Å². The van der Waals surface area contributed by atoms with Crippen molar-refractivity contribution < 1.29 is 0 Å². The molecule has 0 radical (unpaired) electrons. The summed E-state index contributed by atoms with van der Waals surface area (Å²) in [6, 6.07) is 10.4. The molecule has 0 atom stereocenters. The Kier molecular flexibility index (Phi) is 3.40. The van der Waals surface area contributed by atoms with Gasteiger partial charge in [-0.1, -0.05) is 12.1 Å². The Morgan fingerprint density at radius 2 is 2.06 bits per heavy atom. The number of rotatable bonds is 2. The van der Waals surface area contributed by atoms with Crippen LogP contribution in [0.4, 0.5) is 0 Å². The molecular weight excluding hydrogens is 234 g/mol. The molecule has 0 unspecified atom stereocenters. The average Bonchev–Trinajstić information content (AvgIpc) is 2.82. The highest BCUT2D eigenvalue weighted by Crippen LogP contribution is 2.14. The number of imidazole rings is 1. The molecule has 1 aromatic carbocycles. The first-order valence-corrected chi connectivity index (χ1v) is 5.21. The standard InChI is InChI=1S/C13H11N3.ClH/c1-2-12-8-11(3-4-13(12)15-5-1)9-16-7-6-14-10-16;/h1-8,10H,9H2;1H. The zero-order valence-electron chi connectivity index (χ0n) is 9.15. The second-order valence-corrected chi connectivity index (χ2v) is 3.77. The Morgan fingerprint density at radius 3 is 2.88 bits per heavy atom. The van der Waals surface area contributed by atoms with E-state index >= 15 is 0 Å². The van der Waals surface area contributed by atoms with Crippen LogP contribution in [0, 0.1) is 0 Å². The van der Waals surface area contributed by atoms with Crippen LogP contribution in [-0.4, -0.2) is 14.5 Å². The summed E-state index contributed by atoms with van der Waals surface area (Å²) in [5.41, 5.74) is 2.30. The number of fused-ring (bicyclic) bond motifs is 1. The van der Waals surface area contributed by atoms with Gasteiger partial charge in [0.25, 0.3) is 0 Å². The lowest BCUT2D eigenvalue weighted by molar-refractivity contribution is 0.798. The van der Waals surface area contributed by atoms with Crippen LogP contribution in [0.15, 0.2) is 55.2 Å². The molecule has 0 saturated carbocycles. The van der Waals surface area contributed by atoms with Crippen molar-refractivity contribution in [1.29, 1.82) is 0 Å². The Balaban J connectivity index is 0.00000108. The number of hydrogen-bond acceptors (Lipinski definition) is 2. The maximum atomic E-state index is 4.30. The molecule has 2 aromatic heterocycles. The third-order valence-corrected chi connectivity index (χ3v) is 2.59. The number of halogens is 1. The summed E-state index contributed by atoms with van der Waals surface area (Å²) in [7, 11) is 0. The molecule has 86 valence electrons. The molecule has 0 amide bonds. The van der Waals surface area contributed by atoms with E-state index in [0.29, 0.717) is 0 Å². The fraction of sp³-hybridized carbons (Fsp3) is 0.0769. The van der Waals surface area contributed by atoms with Gasteiger partial charge in [-0.3, -0.25) is 4.98 Å². The van der Waals surface area contributed by atoms with E-state index in [1.807, 2.05) is 24.8 Å². The Hall–Kier alpha value is -1.87. The Morgan fingerprint density at radius 1 is 1.12 bits per heavy atom. The van der Waals surface area contributed by atoms with Crippen molar-refractivity contribution in [3.63, 3.8) is 0 Å². The molecule has 2 heterocycles. The SMILES string of the molecule is Cl.c1cnc2ccc(Cn3ccnc3)cc2c1. The van der Waals surface area contributed by atoms with Crippen molar-refractivity contribution in [3.8, 4) is 0 Å². The van der Waals surface area contributed by atoms with Crippen LogP contribution < -0.4 is 0 Å². The van der Waals surface area contributed by atoms with Crippen molar-refractivity contribution in [2.24, 2.45) is 0 Å². The van der Waals surface area contributed by atoms with E-state index in [0.717, 1.165) is 12.1 Å². The minimum atomic E-state index is 0. The number of aromatic nitrogens is 3. The third kappa shape index (κ3) is 2.45. The van der Waals surface area contributed by atoms with Gasteiger partial charge in [0.1, 0.15) is 0 Å². The minimum absolute atomic E-state index is 0. The van der Waals surface area contributed by atoms with Crippen LogP contribution in [0.2, 0.25) is 0 Å². The molecule has 3 aromatic rings. The van der Waals surface area contributed by atoms with Gasteiger partial charge < -0.3 is 4.57 Å². The molecule has 0 aliphatic rings. The maximum Gasteiger partial charge on any atom is 0.0949 e. The van der Waals surface area contributed by atoms with Gasteiger partial charge in [-0.05, 0) is 23.8 Å². The van der Waals surface area contributed by atoms with Gasteiger partial charge in [0.05, 0.1) is 11.8 Å². The predicted octanol–water partition coefficient (Wildman–Crippen LogP) is 2.90. The van der Waals surface area contributed by atoms with Crippen molar-refractivity contribution in [2.75, 3.05) is 0 Å². The van der Waals surface area contributed by atoms with E-state index in [2.05, 4.69) is 38.8 Å². The quantitative estimate of drug-likeness (QED) is 0.695. The molecule has 0 spiro atoms. The van der Waals surface area contributed by atoms with E-state index in [1.54, 1.807) is 6.20 Å². The molecule has 4 heteroatoms. The highest BCUT2D eigenvalue weighted by molar-refractivity contribution is 5.85. The lowest BCUT2D eigenvalue weighted by Gasteiger charge is -2.03. The Labute approximate surface area is 106 Å². The topological polar surface area (TPSA) is 30.7 Å². The van der Waals surface area contributed by atoms with Gasteiger partial charge in [0.15, 0.2) is 0 Å². The van der Waals surface area contributed by atoms with Gasteiger partial charge in [-0.15, -0.1) is 12.4 Å². The van der Waals surface area contributed by atoms with E-state index in [1.165, 1.54) is 10.9 Å². The molecule has 3 rings (SSSR count). The summed E-state index contributed by atoms with van der Waals surface area (Å²) < 4.78 is 2.05. The van der Waals surface area contributed by atoms with E-state index in [9.17, 15) is 0 Å². The fourth-order valence-corrected chi connectivity index (χ4v) is 1.81. The fourth-order valence-electron chi connectivity index (χ4n) is 1.81. The second-order valence-electron chi connectivity index (χ2n) is 3.77. The van der Waals surface area contributed by atoms with Crippen LogP contribution in [0.1, 0.15) is 5.56 Å². The molecule has 17 heavy (non-hydrogen) atoms. The molecule has 3 nitrogen and oxygen atoms in total. The van der Waals surface area contributed by atoms with Crippen LogP contribution >= 0.6 is 12.4 Å². The zero-order chi connectivity index (χ0) is 10.8. The first-order valence-electron chi connectivity index (χ1n) is 5.21. The molecule has 0 saturated heterocycles. The molecule has 0 aliphatic heterocycles. The summed E-state index contributed by atoms with van der Waals surface area (Å²) in [5, 5.41) is 1.18. The summed E-state index contributed by atoms with van der Waals surface area (Å²) in [6.45, 7) is 0.852. The number of nitrogens with zero attached hydrogens (tertiary/aromatic N) is 3. The molecule has 0 N–H and O–H groups in total. The molecular formula is C13H12ClN3. The summed E-state index contributed by atoms with van der Waals surface area (Å²) >= 11 is 0. The number of pyridine rings is 1. The highest BCUT2D eigenvalue weighted by atomic mass is 35.5. The lowest BCUT2D eigenvalue weighted by Crippen LogP contribution is -1.96. The molecule has 0 bridgehead atoms. The van der Waals surface area contributed by atoms with Crippen LogP contribution in [0.25, 0.3) is 10.9 Å². The maximum absolute atomic E-state index is 4.30. The van der Waals surface area contributed by atoms with Gasteiger partial charge in [-0.25, -0.2) is 4.98 Å². The minimum Gasteiger partial charge on any atom is -0.333 e. The third-order valence-electron chi connectivity index (χ3n) is 2.59. The van der Waals surface area contributed by atoms with Crippen LogP contribution in [-0.2, 0) is 6.54 Å². The van der Waals surface area contributed by atoms with Gasteiger partial charge in [0.2, 0.25) is 0 Å². The van der Waals surface area contributed by atoms with E-state index in [4.69, 9.17) is 0 Å². The average molecular weight is 246 g/mol. The van der Waals surface area contributed by atoms with Gasteiger partial charge in [-0.2, -0.15) is 0 Å². The van der Waals surface area contributed by atoms with Gasteiger partial charge >= 0.3 is 0 Å². The van der Waals surface area contributed by atoms with E-state index in [-0.39, 0.29) is 12.4 Å². The monoisotopic (exact) mass is 245 g/mol.